The molecule has 0 radical (unpaired) electrons. The van der Waals surface area contributed by atoms with Crippen LogP contribution in [0.5, 0.6) is 0 Å². The van der Waals surface area contributed by atoms with E-state index in [0.717, 1.165) is 28.3 Å². The van der Waals surface area contributed by atoms with E-state index in [9.17, 15) is 26.4 Å². The van der Waals surface area contributed by atoms with Crippen molar-refractivity contribution in [1.82, 2.24) is 5.32 Å². The highest BCUT2D eigenvalue weighted by Crippen LogP contribution is 2.29. The van der Waals surface area contributed by atoms with Crippen LogP contribution in [0, 0.1) is 0 Å². The van der Waals surface area contributed by atoms with Crippen LogP contribution in [0.1, 0.15) is 36.5 Å². The summed E-state index contributed by atoms with van der Waals surface area (Å²) < 4.78 is 63.6. The maximum Gasteiger partial charge on any atom is 0.416 e. The molecule has 1 N–H and O–H groups in total. The molecule has 0 heterocycles. The van der Waals surface area contributed by atoms with Crippen LogP contribution in [0.2, 0.25) is 0 Å². The molecule has 0 aliphatic carbocycles. The van der Waals surface area contributed by atoms with Crippen LogP contribution in [0.4, 0.5) is 18.9 Å². The normalized spacial score (nSPS) is 12.1. The Morgan fingerprint density at radius 1 is 1.10 bits per heavy atom. The van der Waals surface area contributed by atoms with Gasteiger partial charge in [0.05, 0.1) is 17.5 Å². The molecule has 1 amide bonds. The van der Waals surface area contributed by atoms with Gasteiger partial charge in [-0.15, -0.1) is 0 Å². The van der Waals surface area contributed by atoms with Crippen molar-refractivity contribution in [3.63, 3.8) is 0 Å². The van der Waals surface area contributed by atoms with Gasteiger partial charge in [-0.2, -0.15) is 13.2 Å². The van der Waals surface area contributed by atoms with Gasteiger partial charge < -0.3 is 5.32 Å². The van der Waals surface area contributed by atoms with E-state index in [1.165, 1.54) is 12.1 Å². The number of hydrogen-bond acceptors (Lipinski definition) is 3. The summed E-state index contributed by atoms with van der Waals surface area (Å²) in [7, 11) is -3.73. The van der Waals surface area contributed by atoms with Gasteiger partial charge in [-0.25, -0.2) is 8.42 Å². The highest BCUT2D eigenvalue weighted by molar-refractivity contribution is 7.92. The van der Waals surface area contributed by atoms with Gasteiger partial charge in [-0.1, -0.05) is 38.1 Å². The van der Waals surface area contributed by atoms with Crippen LogP contribution in [-0.4, -0.2) is 27.1 Å². The molecule has 0 saturated heterocycles. The van der Waals surface area contributed by atoms with Crippen LogP contribution in [0.15, 0.2) is 48.5 Å². The Labute approximate surface area is 168 Å². The first-order chi connectivity index (χ1) is 13.4. The first-order valence-corrected chi connectivity index (χ1v) is 10.7. The zero-order valence-electron chi connectivity index (χ0n) is 16.3. The van der Waals surface area contributed by atoms with Crippen LogP contribution < -0.4 is 9.62 Å². The zero-order valence-corrected chi connectivity index (χ0v) is 17.1. The molecule has 29 heavy (non-hydrogen) atoms. The lowest BCUT2D eigenvalue weighted by Crippen LogP contribution is -2.40. The second-order valence-corrected chi connectivity index (χ2v) is 8.90. The standard InChI is InChI=1S/C20H23F3N2O3S/c1-14(2)16-7-9-18(10-8-16)25(29(3,27)28)13-19(26)24-12-15-5-4-6-17(11-15)20(21,22)23/h4-11,14H,12-13H2,1-3H3,(H,24,26). The maximum atomic E-state index is 12.8. The van der Waals surface area contributed by atoms with Crippen molar-refractivity contribution in [3.05, 3.63) is 65.2 Å². The molecule has 158 valence electrons. The second kappa shape index (κ2) is 8.86. The number of benzene rings is 2. The summed E-state index contributed by atoms with van der Waals surface area (Å²) in [6, 6.07) is 11.4. The molecule has 0 unspecified atom stereocenters. The number of rotatable bonds is 7. The van der Waals surface area contributed by atoms with E-state index >= 15 is 0 Å². The Morgan fingerprint density at radius 3 is 2.24 bits per heavy atom. The predicted molar refractivity (Wildman–Crippen MR) is 106 cm³/mol. The average molecular weight is 428 g/mol. The van der Waals surface area contributed by atoms with Crippen molar-refractivity contribution in [1.29, 1.82) is 0 Å². The molecular weight excluding hydrogens is 405 g/mol. The van der Waals surface area contributed by atoms with E-state index in [1.807, 2.05) is 13.8 Å². The smallest absolute Gasteiger partial charge is 0.350 e. The van der Waals surface area contributed by atoms with Crippen molar-refractivity contribution < 1.29 is 26.4 Å². The number of anilines is 1. The monoisotopic (exact) mass is 428 g/mol. The SMILES string of the molecule is CC(C)c1ccc(N(CC(=O)NCc2cccc(C(F)(F)F)c2)S(C)(=O)=O)cc1. The van der Waals surface area contributed by atoms with Gasteiger partial charge in [0.15, 0.2) is 0 Å². The second-order valence-electron chi connectivity index (χ2n) is 6.99. The van der Waals surface area contributed by atoms with Crippen molar-refractivity contribution in [2.45, 2.75) is 32.5 Å². The lowest BCUT2D eigenvalue weighted by atomic mass is 10.0. The van der Waals surface area contributed by atoms with Crippen LogP contribution in [0.3, 0.4) is 0 Å². The van der Waals surface area contributed by atoms with Gasteiger partial charge in [0.25, 0.3) is 0 Å². The molecule has 2 aromatic rings. The fourth-order valence-corrected chi connectivity index (χ4v) is 3.53. The molecule has 0 saturated carbocycles. The van der Waals surface area contributed by atoms with Crippen LogP contribution in [-0.2, 0) is 27.5 Å². The summed E-state index contributed by atoms with van der Waals surface area (Å²) in [6.45, 7) is 3.39. The number of sulfonamides is 1. The Kier molecular flexibility index (Phi) is 6.94. The largest absolute Gasteiger partial charge is 0.416 e. The summed E-state index contributed by atoms with van der Waals surface area (Å²) in [5.74, 6) is -0.354. The number of hydrogen-bond donors (Lipinski definition) is 1. The number of halogens is 3. The van der Waals surface area contributed by atoms with Gasteiger partial charge in [-0.05, 0) is 41.3 Å². The van der Waals surface area contributed by atoms with Crippen molar-refractivity contribution in [3.8, 4) is 0 Å². The molecule has 0 aromatic heterocycles. The minimum atomic E-state index is -4.48. The fraction of sp³-hybridized carbons (Fsp3) is 0.350. The molecule has 5 nitrogen and oxygen atoms in total. The first-order valence-electron chi connectivity index (χ1n) is 8.88. The number of carbonyl (C=O) groups excluding carboxylic acids is 1. The third-order valence-corrected chi connectivity index (χ3v) is 5.42. The topological polar surface area (TPSA) is 66.5 Å². The minimum Gasteiger partial charge on any atom is -0.350 e. The Bertz CT molecular complexity index is 956. The summed E-state index contributed by atoms with van der Waals surface area (Å²) >= 11 is 0. The van der Waals surface area contributed by atoms with E-state index in [1.54, 1.807) is 24.3 Å². The highest BCUT2D eigenvalue weighted by atomic mass is 32.2. The Morgan fingerprint density at radius 2 is 1.72 bits per heavy atom. The highest BCUT2D eigenvalue weighted by Gasteiger charge is 2.30. The summed E-state index contributed by atoms with van der Waals surface area (Å²) in [5, 5.41) is 2.47. The molecule has 0 spiro atoms. The molecule has 0 atom stereocenters. The van der Waals surface area contributed by atoms with Gasteiger partial charge in [0, 0.05) is 6.54 Å². The van der Waals surface area contributed by atoms with Crippen molar-refractivity contribution in [2.75, 3.05) is 17.1 Å². The van der Waals surface area contributed by atoms with E-state index in [0.29, 0.717) is 5.69 Å². The Balaban J connectivity index is 2.09. The molecule has 0 bridgehead atoms. The molecule has 0 aliphatic rings. The van der Waals surface area contributed by atoms with E-state index in [2.05, 4.69) is 5.32 Å². The molecule has 2 rings (SSSR count). The van der Waals surface area contributed by atoms with E-state index in [-0.39, 0.29) is 18.0 Å². The van der Waals surface area contributed by atoms with Gasteiger partial charge >= 0.3 is 6.18 Å². The van der Waals surface area contributed by atoms with Crippen LogP contribution >= 0.6 is 0 Å². The molecule has 0 fully saturated rings. The predicted octanol–water partition coefficient (Wildman–Crippen LogP) is 3.91. The van der Waals surface area contributed by atoms with Crippen molar-refractivity contribution in [2.24, 2.45) is 0 Å². The number of carbonyl (C=O) groups is 1. The average Bonchev–Trinajstić information content (AvgIpc) is 2.63. The molecular formula is C20H23F3N2O3S. The van der Waals surface area contributed by atoms with Gasteiger partial charge in [0.2, 0.25) is 15.9 Å². The van der Waals surface area contributed by atoms with E-state index in [4.69, 9.17) is 0 Å². The zero-order chi connectivity index (χ0) is 21.8. The summed E-state index contributed by atoms with van der Waals surface area (Å²) in [6.07, 6.45) is -3.49. The van der Waals surface area contributed by atoms with Crippen LogP contribution in [0.25, 0.3) is 0 Å². The lowest BCUT2D eigenvalue weighted by molar-refractivity contribution is -0.137. The molecule has 2 aromatic carbocycles. The number of nitrogens with zero attached hydrogens (tertiary/aromatic N) is 1. The maximum absolute atomic E-state index is 12.8. The first kappa shape index (κ1) is 22.7. The third kappa shape index (κ3) is 6.49. The molecule has 0 aliphatic heterocycles. The van der Waals surface area contributed by atoms with E-state index < -0.39 is 34.2 Å². The molecule has 9 heteroatoms. The van der Waals surface area contributed by atoms with Crippen molar-refractivity contribution >= 4 is 21.6 Å². The summed E-state index contributed by atoms with van der Waals surface area (Å²) in [4.78, 5) is 12.3. The van der Waals surface area contributed by atoms with Gasteiger partial charge in [-0.3, -0.25) is 9.10 Å². The number of nitrogens with one attached hydrogen (secondary N) is 1. The quantitative estimate of drug-likeness (QED) is 0.727. The number of alkyl halides is 3. The minimum absolute atomic E-state index is 0.146. The lowest BCUT2D eigenvalue weighted by Gasteiger charge is -2.22. The fourth-order valence-electron chi connectivity index (χ4n) is 2.67. The Hall–Kier alpha value is -2.55. The number of amides is 1. The third-order valence-electron chi connectivity index (χ3n) is 4.28. The van der Waals surface area contributed by atoms with Gasteiger partial charge in [0.1, 0.15) is 6.54 Å². The summed E-state index contributed by atoms with van der Waals surface area (Å²) in [5.41, 5.74) is 0.815.